The molecule has 0 N–H and O–H groups in total. The van der Waals surface area contributed by atoms with Gasteiger partial charge in [-0.05, 0) is 224 Å². The van der Waals surface area contributed by atoms with Gasteiger partial charge < -0.3 is 36.0 Å². The highest BCUT2D eigenvalue weighted by molar-refractivity contribution is 7.01. The Morgan fingerprint density at radius 3 is 1.20 bits per heavy atom. The monoisotopic (exact) mass is 1840 g/mol. The average Bonchev–Trinajstić information content (AvgIpc) is 1.75. The molecule has 0 spiro atoms. The summed E-state index contributed by atoms with van der Waals surface area (Å²) in [6.07, 6.45) is 54.6. The number of epoxide rings is 2. The van der Waals surface area contributed by atoms with Crippen molar-refractivity contribution in [3.8, 4) is 0 Å². The summed E-state index contributed by atoms with van der Waals surface area (Å²) in [4.78, 5) is 0. The van der Waals surface area contributed by atoms with Crippen molar-refractivity contribution < 1.29 is 36.0 Å². The van der Waals surface area contributed by atoms with Crippen molar-refractivity contribution in [2.45, 2.75) is 293 Å². The second-order valence-electron chi connectivity index (χ2n) is 36.5. The van der Waals surface area contributed by atoms with Gasteiger partial charge in [0, 0.05) is 42.7 Å². The molecule has 4 bridgehead atoms. The molecule has 0 aromatic heterocycles. The van der Waals surface area contributed by atoms with Gasteiger partial charge in [-0.25, -0.2) is 0 Å². The van der Waals surface area contributed by atoms with Crippen LogP contribution in [0.25, 0.3) is 0 Å². The lowest BCUT2D eigenvalue weighted by Gasteiger charge is -2.27. The number of hydrogen-bond acceptors (Lipinski definition) is 8. The zero-order valence-corrected chi connectivity index (χ0v) is 91.2. The zero-order valence-electron chi connectivity index (χ0n) is 85.0. The number of ether oxygens (including phenoxy) is 2. The van der Waals surface area contributed by atoms with E-state index < -0.39 is 50.6 Å². The number of allylic oxidation sites excluding steroid dienone is 8. The van der Waals surface area contributed by atoms with Crippen LogP contribution in [0, 0.1) is 60.2 Å². The molecule has 127 heavy (non-hydrogen) atoms. The van der Waals surface area contributed by atoms with Crippen molar-refractivity contribution in [2.24, 2.45) is 53.3 Å². The van der Waals surface area contributed by atoms with E-state index in [2.05, 4.69) is 269 Å². The second kappa shape index (κ2) is 73.7. The third kappa shape index (κ3) is 54.7. The van der Waals surface area contributed by atoms with Gasteiger partial charge in [0.05, 0.1) is 24.9 Å². The first-order valence-electron chi connectivity index (χ1n) is 48.8. The summed E-state index contributed by atoms with van der Waals surface area (Å²) in [5, 5.41) is 3.72. The van der Waals surface area contributed by atoms with Crippen molar-refractivity contribution in [3.63, 3.8) is 0 Å². The molecule has 14 rings (SSSR count). The van der Waals surface area contributed by atoms with Crippen LogP contribution in [0.15, 0.2) is 287 Å². The van der Waals surface area contributed by atoms with Gasteiger partial charge in [0.1, 0.15) is 0 Å². The quantitative estimate of drug-likeness (QED) is 0.0278. The van der Waals surface area contributed by atoms with Gasteiger partial charge in [-0.3, -0.25) is 0 Å². The van der Waals surface area contributed by atoms with E-state index in [1.54, 1.807) is 58.7 Å². The molecule has 712 valence electrons. The predicted molar refractivity (Wildman–Crippen MR) is 578 cm³/mol. The van der Waals surface area contributed by atoms with Crippen LogP contribution >= 0.6 is 0 Å². The Labute approximate surface area is 790 Å². The maximum Gasteiger partial charge on any atom is 0.280 e. The number of hydrogen-bond donors (Lipinski definition) is 0. The number of aryl methyl sites for hydroxylation is 2. The molecular weight excluding hydrogens is 1650 g/mol. The molecule has 0 radical (unpaired) electrons. The van der Waals surface area contributed by atoms with Gasteiger partial charge >= 0.3 is 0 Å². The molecule has 7 aliphatic carbocycles. The van der Waals surface area contributed by atoms with Crippen LogP contribution in [0.3, 0.4) is 0 Å². The summed E-state index contributed by atoms with van der Waals surface area (Å²) in [7, 11) is 1.27. The molecular formula is C113H188O8Si6. The summed E-state index contributed by atoms with van der Waals surface area (Å²) >= 11 is 0. The second-order valence-corrected chi connectivity index (χ2v) is 57.9. The summed E-state index contributed by atoms with van der Waals surface area (Å²) < 4.78 is 42.5. The van der Waals surface area contributed by atoms with E-state index >= 15 is 0 Å². The van der Waals surface area contributed by atoms with Crippen molar-refractivity contribution >= 4 is 66.2 Å². The third-order valence-electron chi connectivity index (χ3n) is 25.1. The molecule has 5 aromatic carbocycles. The van der Waals surface area contributed by atoms with E-state index in [1.807, 2.05) is 110 Å². The largest absolute Gasteiger partial charge is 0.424 e. The summed E-state index contributed by atoms with van der Waals surface area (Å²) in [6, 6.07) is 53.1. The standard InChI is InChI=1S/C15H16OSi.C12H22OSi.C10H14OSi.C10H16.C9H16O.C9H16.C9H12.C7H12OSi.C7H8.C6H12.C5H12OSi.C4H8O.C4H8.C3H10OSi.C3H6/c1-3-17(16-2,14-10-6-4-7-11-14)15-12-8-5-9-13-15;1-13-14(2,3)7-6-12-9-10-4-5-11(12)8-10;1-4-12(3,11-2)10-8-6-5-7-9-10;1-2-3-9-6-8-4-5-10(9)7-8;1-2-3-7-4-5-8-9(6-7)10-8;2*1-2-6-9-7-4-3-5-8-9;1-5-9(6-2,7-3)8-4;1-7-5-3-2-4-6-7;1-6-4-2-3-5-6;1-5-7(3,4)6-2;1-2-4-3-5-4;1-3-4-2;1-4-5(2)3;1-3-2/h3-13H,1H2,2H3;4-5,10-12H,6-9H2,1-3H3;4-9H,1H2,2-3H3;4-5,8-10H,2-3,6-7H2,1H3;7-9H,2-6H2,1H3;3-4,9H,2,5-8H2,1H3;3-5,7-8H,2,6H2,1H3;5-7H,1-3H2,4H3;2-6H,1H3;6H,2-5H2,1H3;5H,1H2,2-4H3;4H,2-3H2,1H3;3H,1,4H2,2H3;5H,1-3H3;3H,1H2,2H3. The fourth-order valence-electron chi connectivity index (χ4n) is 15.8. The average molecular weight is 1840 g/mol. The SMILES string of the molecule is C=CC.C=CCC.C=C[Si](C)(C)OC.C=C[Si](C)(OC)c1ccccc1.C=C[Si](C=C)(C=C)OC.C=C[Si](OC)(c1ccccc1)c1ccccc1.CC1CCCC1.CCC1CO1.CCCC1CC2C=CC1C2.CCCC1CC=CCC1.CCCC1CCC2OC2C1.CCCc1ccccc1.CO[SiH](C)C.CO[Si](C)(C)CCC1CC2C=CC1C2.Cc1ccccc1. The summed E-state index contributed by atoms with van der Waals surface area (Å²) in [5.41, 5.74) is 14.0. The topological polar surface area (TPSA) is 80.4 Å². The molecule has 12 atom stereocenters. The lowest BCUT2D eigenvalue weighted by Crippen LogP contribution is -2.58. The highest BCUT2D eigenvalue weighted by atomic mass is 28.4. The van der Waals surface area contributed by atoms with Crippen LogP contribution in [-0.4, -0.2) is 118 Å². The molecule has 0 amide bonds. The van der Waals surface area contributed by atoms with Crippen molar-refractivity contribution in [1.82, 2.24) is 0 Å². The first-order valence-corrected chi connectivity index (χ1v) is 64.3. The van der Waals surface area contributed by atoms with Crippen molar-refractivity contribution in [2.75, 3.05) is 49.3 Å². The van der Waals surface area contributed by atoms with Crippen LogP contribution in [0.1, 0.15) is 221 Å². The Morgan fingerprint density at radius 1 is 0.465 bits per heavy atom. The Balaban J connectivity index is 0.00000136. The molecule has 5 aromatic rings. The molecule has 9 aliphatic rings. The van der Waals surface area contributed by atoms with Crippen LogP contribution in [-0.2, 0) is 42.5 Å². The first kappa shape index (κ1) is 121. The molecule has 2 heterocycles. The van der Waals surface area contributed by atoms with E-state index in [9.17, 15) is 0 Å². The van der Waals surface area contributed by atoms with Gasteiger partial charge in [0.15, 0.2) is 17.4 Å². The lowest BCUT2D eigenvalue weighted by molar-refractivity contribution is 0.350. The van der Waals surface area contributed by atoms with Crippen molar-refractivity contribution in [1.29, 1.82) is 0 Å². The van der Waals surface area contributed by atoms with Gasteiger partial charge in [-0.15, -0.1) is 52.6 Å². The van der Waals surface area contributed by atoms with Crippen LogP contribution < -0.4 is 15.6 Å². The molecule has 2 saturated heterocycles. The number of benzene rings is 5. The minimum Gasteiger partial charge on any atom is -0.424 e. The Kier molecular flexibility index (Phi) is 70.4. The fraction of sp³-hybridized carbons (Fsp3) is 0.540. The number of fused-ring (bicyclic) bond motifs is 5. The normalized spacial score (nSPS) is 21.4. The predicted octanol–water partition coefficient (Wildman–Crippen LogP) is 30.2. The van der Waals surface area contributed by atoms with Gasteiger partial charge in [0.2, 0.25) is 16.6 Å². The smallest absolute Gasteiger partial charge is 0.280 e. The number of rotatable bonds is 28. The van der Waals surface area contributed by atoms with E-state index in [-0.39, 0.29) is 0 Å². The van der Waals surface area contributed by atoms with E-state index in [4.69, 9.17) is 36.0 Å². The molecule has 12 unspecified atom stereocenters. The Bertz CT molecular complexity index is 3550. The van der Waals surface area contributed by atoms with Gasteiger partial charge in [0.25, 0.3) is 16.6 Å². The lowest BCUT2D eigenvalue weighted by atomic mass is 9.86. The van der Waals surface area contributed by atoms with Gasteiger partial charge in [-0.1, -0.05) is 366 Å². The molecule has 4 saturated carbocycles. The minimum atomic E-state index is -2.23. The Morgan fingerprint density at radius 2 is 0.921 bits per heavy atom. The highest BCUT2D eigenvalue weighted by Gasteiger charge is 2.43. The first-order chi connectivity index (χ1) is 61.0. The highest BCUT2D eigenvalue weighted by Crippen LogP contribution is 2.47. The summed E-state index contributed by atoms with van der Waals surface area (Å²) in [6.45, 7) is 65.1. The maximum absolute atomic E-state index is 5.88. The molecule has 2 aliphatic heterocycles. The third-order valence-corrected chi connectivity index (χ3v) is 40.0. The minimum absolute atomic E-state index is 0.634. The molecule has 14 heteroatoms. The van der Waals surface area contributed by atoms with Crippen LogP contribution in [0.4, 0.5) is 0 Å². The van der Waals surface area contributed by atoms with Crippen LogP contribution in [0.2, 0.25) is 51.9 Å². The molecule has 6 fully saturated rings. The fourth-order valence-corrected chi connectivity index (χ4v) is 22.6. The summed E-state index contributed by atoms with van der Waals surface area (Å²) in [5.74, 6) is 8.89. The van der Waals surface area contributed by atoms with E-state index in [0.29, 0.717) is 18.3 Å². The van der Waals surface area contributed by atoms with E-state index in [1.165, 1.54) is 187 Å². The Hall–Kier alpha value is -5.78. The van der Waals surface area contributed by atoms with E-state index in [0.717, 1.165) is 66.3 Å². The van der Waals surface area contributed by atoms with Crippen LogP contribution in [0.5, 0.6) is 0 Å². The van der Waals surface area contributed by atoms with Gasteiger partial charge in [-0.2, -0.15) is 0 Å². The van der Waals surface area contributed by atoms with Crippen molar-refractivity contribution in [3.05, 3.63) is 298 Å². The zero-order chi connectivity index (χ0) is 95.2. The molecule has 8 nitrogen and oxygen atoms in total. The maximum atomic E-state index is 5.88.